The topological polar surface area (TPSA) is 72.2 Å². The third kappa shape index (κ3) is 3.27. The summed E-state index contributed by atoms with van der Waals surface area (Å²) in [5.74, 6) is 0. The molecule has 3 N–H and O–H groups in total. The van der Waals surface area contributed by atoms with Gasteiger partial charge in [-0.15, -0.1) is 11.3 Å². The summed E-state index contributed by atoms with van der Waals surface area (Å²) in [4.78, 5) is 1.03. The fourth-order valence-electron chi connectivity index (χ4n) is 1.18. The number of hydrogen-bond donors (Lipinski definition) is 2. The van der Waals surface area contributed by atoms with Gasteiger partial charge < -0.3 is 5.73 Å². The lowest BCUT2D eigenvalue weighted by molar-refractivity contribution is 0.578. The molecule has 0 aliphatic heterocycles. The van der Waals surface area contributed by atoms with Crippen molar-refractivity contribution in [3.8, 4) is 0 Å². The third-order valence-electron chi connectivity index (χ3n) is 2.00. The smallest absolute Gasteiger partial charge is 0.241 e. The van der Waals surface area contributed by atoms with E-state index >= 15 is 0 Å². The van der Waals surface area contributed by atoms with Gasteiger partial charge in [-0.05, 0) is 17.9 Å². The molecular weight excluding hydrogens is 232 g/mol. The molecule has 0 fully saturated rings. The molecule has 0 aromatic carbocycles. The van der Waals surface area contributed by atoms with Gasteiger partial charge in [0.15, 0.2) is 0 Å². The van der Waals surface area contributed by atoms with Crippen LogP contribution >= 0.6 is 11.3 Å². The maximum Gasteiger partial charge on any atom is 0.241 e. The lowest BCUT2D eigenvalue weighted by Crippen LogP contribution is -2.25. The summed E-state index contributed by atoms with van der Waals surface area (Å²) in [6, 6.07) is 1.60. The Bertz CT molecular complexity index is 398. The van der Waals surface area contributed by atoms with Crippen LogP contribution in [0.4, 0.5) is 0 Å². The van der Waals surface area contributed by atoms with Crippen LogP contribution in [0.2, 0.25) is 0 Å². The molecule has 4 nitrogen and oxygen atoms in total. The molecule has 0 bridgehead atoms. The van der Waals surface area contributed by atoms with Gasteiger partial charge in [-0.25, -0.2) is 13.1 Å². The van der Waals surface area contributed by atoms with Gasteiger partial charge in [-0.1, -0.05) is 13.3 Å². The number of rotatable bonds is 6. The van der Waals surface area contributed by atoms with Gasteiger partial charge in [0.25, 0.3) is 0 Å². The second kappa shape index (κ2) is 5.60. The van der Waals surface area contributed by atoms with E-state index in [0.29, 0.717) is 16.3 Å². The average molecular weight is 248 g/mol. The molecule has 0 aliphatic carbocycles. The first kappa shape index (κ1) is 12.6. The zero-order valence-electron chi connectivity index (χ0n) is 8.69. The van der Waals surface area contributed by atoms with Gasteiger partial charge in [0, 0.05) is 18.0 Å². The van der Waals surface area contributed by atoms with E-state index in [9.17, 15) is 8.42 Å². The summed E-state index contributed by atoms with van der Waals surface area (Å²) in [5.41, 5.74) is 5.46. The van der Waals surface area contributed by atoms with Crippen molar-refractivity contribution in [2.45, 2.75) is 31.2 Å². The Morgan fingerprint density at radius 1 is 1.53 bits per heavy atom. The molecule has 0 aliphatic rings. The Balaban J connectivity index is 2.77. The standard InChI is InChI=1S/C9H16N2O2S2/c1-2-3-5-11-15(12,13)9-4-6-14-8(9)7-10/h4,6,11H,2-3,5,7,10H2,1H3. The lowest BCUT2D eigenvalue weighted by Gasteiger charge is -2.05. The molecule has 0 spiro atoms. The maximum absolute atomic E-state index is 11.8. The van der Waals surface area contributed by atoms with E-state index in [-0.39, 0.29) is 6.54 Å². The fourth-order valence-corrected chi connectivity index (χ4v) is 3.59. The zero-order chi connectivity index (χ0) is 11.3. The van der Waals surface area contributed by atoms with Crippen LogP contribution in [0.3, 0.4) is 0 Å². The predicted molar refractivity (Wildman–Crippen MR) is 62.3 cm³/mol. The molecule has 15 heavy (non-hydrogen) atoms. The maximum atomic E-state index is 11.8. The van der Waals surface area contributed by atoms with Crippen LogP contribution < -0.4 is 10.5 Å². The van der Waals surface area contributed by atoms with Crippen molar-refractivity contribution >= 4 is 21.4 Å². The van der Waals surface area contributed by atoms with Crippen LogP contribution in [0.1, 0.15) is 24.6 Å². The van der Waals surface area contributed by atoms with E-state index in [0.717, 1.165) is 12.8 Å². The van der Waals surface area contributed by atoms with Gasteiger partial charge in [-0.3, -0.25) is 0 Å². The monoisotopic (exact) mass is 248 g/mol. The van der Waals surface area contributed by atoms with Crippen LogP contribution in [0.5, 0.6) is 0 Å². The Morgan fingerprint density at radius 2 is 2.27 bits per heavy atom. The van der Waals surface area contributed by atoms with Crippen molar-refractivity contribution in [1.82, 2.24) is 4.72 Å². The Labute approximate surface area is 94.5 Å². The normalized spacial score (nSPS) is 11.9. The second-order valence-electron chi connectivity index (χ2n) is 3.16. The molecule has 0 radical (unpaired) electrons. The highest BCUT2D eigenvalue weighted by atomic mass is 32.2. The largest absolute Gasteiger partial charge is 0.326 e. The van der Waals surface area contributed by atoms with Crippen molar-refractivity contribution in [1.29, 1.82) is 0 Å². The first-order chi connectivity index (χ1) is 7.11. The molecule has 0 atom stereocenters. The van der Waals surface area contributed by atoms with E-state index < -0.39 is 10.0 Å². The number of sulfonamides is 1. The predicted octanol–water partition coefficient (Wildman–Crippen LogP) is 1.29. The molecule has 0 saturated heterocycles. The minimum absolute atomic E-state index is 0.266. The van der Waals surface area contributed by atoms with Crippen molar-refractivity contribution in [2.75, 3.05) is 6.54 Å². The molecule has 86 valence electrons. The van der Waals surface area contributed by atoms with Gasteiger partial charge in [0.1, 0.15) is 0 Å². The van der Waals surface area contributed by atoms with E-state index in [1.54, 1.807) is 11.4 Å². The van der Waals surface area contributed by atoms with Gasteiger partial charge >= 0.3 is 0 Å². The van der Waals surface area contributed by atoms with E-state index in [1.807, 2.05) is 6.92 Å². The number of hydrogen-bond acceptors (Lipinski definition) is 4. The molecule has 0 unspecified atom stereocenters. The van der Waals surface area contributed by atoms with Gasteiger partial charge in [-0.2, -0.15) is 0 Å². The van der Waals surface area contributed by atoms with Crippen molar-refractivity contribution in [3.63, 3.8) is 0 Å². The first-order valence-corrected chi connectivity index (χ1v) is 7.24. The van der Waals surface area contributed by atoms with E-state index in [4.69, 9.17) is 5.73 Å². The highest BCUT2D eigenvalue weighted by Gasteiger charge is 2.17. The summed E-state index contributed by atoms with van der Waals surface area (Å²) < 4.78 is 26.1. The van der Waals surface area contributed by atoms with Crippen LogP contribution in [-0.4, -0.2) is 15.0 Å². The molecule has 1 heterocycles. The summed E-state index contributed by atoms with van der Waals surface area (Å²) in [5, 5.41) is 1.75. The Hall–Kier alpha value is -0.430. The molecule has 0 amide bonds. The quantitative estimate of drug-likeness (QED) is 0.745. The number of nitrogens with two attached hydrogens (primary N) is 1. The van der Waals surface area contributed by atoms with Crippen LogP contribution in [0.15, 0.2) is 16.3 Å². The lowest BCUT2D eigenvalue weighted by atomic mass is 10.3. The number of unbranched alkanes of at least 4 members (excludes halogenated alkanes) is 1. The number of nitrogens with one attached hydrogen (secondary N) is 1. The zero-order valence-corrected chi connectivity index (χ0v) is 10.3. The molecular formula is C9H16N2O2S2. The molecule has 6 heteroatoms. The Morgan fingerprint density at radius 3 is 2.87 bits per heavy atom. The Kier molecular flexibility index (Phi) is 4.72. The van der Waals surface area contributed by atoms with Crippen molar-refractivity contribution in [3.05, 3.63) is 16.3 Å². The van der Waals surface area contributed by atoms with Gasteiger partial charge in [0.2, 0.25) is 10.0 Å². The minimum atomic E-state index is -3.35. The first-order valence-electron chi connectivity index (χ1n) is 4.88. The van der Waals surface area contributed by atoms with Crippen LogP contribution in [0.25, 0.3) is 0 Å². The SMILES string of the molecule is CCCCNS(=O)(=O)c1ccsc1CN. The average Bonchev–Trinajstić information content (AvgIpc) is 2.66. The molecule has 0 saturated carbocycles. The number of thiophene rings is 1. The highest BCUT2D eigenvalue weighted by molar-refractivity contribution is 7.89. The highest BCUT2D eigenvalue weighted by Crippen LogP contribution is 2.20. The van der Waals surface area contributed by atoms with Crippen LogP contribution in [-0.2, 0) is 16.6 Å². The van der Waals surface area contributed by atoms with Gasteiger partial charge in [0.05, 0.1) is 4.90 Å². The minimum Gasteiger partial charge on any atom is -0.326 e. The summed E-state index contributed by atoms with van der Waals surface area (Å²) >= 11 is 1.37. The van der Waals surface area contributed by atoms with E-state index in [2.05, 4.69) is 4.72 Å². The second-order valence-corrected chi connectivity index (χ2v) is 5.90. The van der Waals surface area contributed by atoms with E-state index in [1.165, 1.54) is 11.3 Å². The summed E-state index contributed by atoms with van der Waals surface area (Å²) in [6.45, 7) is 2.77. The van der Waals surface area contributed by atoms with Crippen LogP contribution in [0, 0.1) is 0 Å². The fraction of sp³-hybridized carbons (Fsp3) is 0.556. The molecule has 1 aromatic rings. The third-order valence-corrected chi connectivity index (χ3v) is 4.62. The summed E-state index contributed by atoms with van der Waals surface area (Å²) in [7, 11) is -3.35. The van der Waals surface area contributed by atoms with Crippen molar-refractivity contribution in [2.24, 2.45) is 5.73 Å². The molecule has 1 rings (SSSR count). The van der Waals surface area contributed by atoms with Crippen molar-refractivity contribution < 1.29 is 8.42 Å². The molecule has 1 aromatic heterocycles. The summed E-state index contributed by atoms with van der Waals surface area (Å²) in [6.07, 6.45) is 1.82.